The number of nitrogens with one attached hydrogen (secondary N) is 1. The summed E-state index contributed by atoms with van der Waals surface area (Å²) in [6.45, 7) is 7.06. The summed E-state index contributed by atoms with van der Waals surface area (Å²) in [6, 6.07) is 10.6. The van der Waals surface area contributed by atoms with E-state index in [0.29, 0.717) is 0 Å². The Morgan fingerprint density at radius 1 is 1.21 bits per heavy atom. The molecule has 4 nitrogen and oxygen atoms in total. The monoisotopic (exact) mass is 515 g/mol. The average molecular weight is 516 g/mol. The Bertz CT molecular complexity index is 629. The molecule has 0 spiro atoms. The number of aliphatic imine (C=N–C) groups is 1. The smallest absolute Gasteiger partial charge is 0.193 e. The van der Waals surface area contributed by atoms with Crippen molar-refractivity contribution in [2.75, 3.05) is 45.6 Å². The molecule has 1 N–H and O–H groups in total. The van der Waals surface area contributed by atoms with Crippen molar-refractivity contribution < 1.29 is 4.74 Å². The number of thioether (sulfide) groups is 1. The normalized spacial score (nSPS) is 19.7. The number of halogens is 1. The van der Waals surface area contributed by atoms with Crippen molar-refractivity contribution in [1.82, 2.24) is 10.2 Å². The van der Waals surface area contributed by atoms with E-state index in [9.17, 15) is 0 Å². The zero-order valence-electron chi connectivity index (χ0n) is 17.2. The number of nitrogens with zero attached hydrogens (tertiary/aromatic N) is 2. The third-order valence-corrected chi connectivity index (χ3v) is 6.96. The number of piperidine rings is 1. The van der Waals surface area contributed by atoms with Crippen LogP contribution in [-0.2, 0) is 4.74 Å². The Hall–Kier alpha value is -0.730. The summed E-state index contributed by atoms with van der Waals surface area (Å²) in [6.07, 6.45) is 6.82. The number of rotatable bonds is 5. The maximum atomic E-state index is 5.59. The van der Waals surface area contributed by atoms with Gasteiger partial charge < -0.3 is 15.0 Å². The Kier molecular flexibility index (Phi) is 10.2. The van der Waals surface area contributed by atoms with Gasteiger partial charge in [-0.05, 0) is 37.0 Å². The molecule has 0 amide bonds. The zero-order valence-corrected chi connectivity index (χ0v) is 20.3. The summed E-state index contributed by atoms with van der Waals surface area (Å²) < 4.78 is 5.88. The van der Waals surface area contributed by atoms with E-state index in [-0.39, 0.29) is 28.7 Å². The molecule has 2 fully saturated rings. The van der Waals surface area contributed by atoms with Crippen molar-refractivity contribution in [3.05, 3.63) is 41.5 Å². The number of guanidine groups is 1. The third kappa shape index (κ3) is 6.66. The van der Waals surface area contributed by atoms with Crippen LogP contribution < -0.4 is 5.32 Å². The first kappa shape index (κ1) is 23.5. The quantitative estimate of drug-likeness (QED) is 0.352. The van der Waals surface area contributed by atoms with Crippen molar-refractivity contribution in [3.63, 3.8) is 0 Å². The van der Waals surface area contributed by atoms with Crippen LogP contribution >= 0.6 is 35.7 Å². The number of hydrogen-bond donors (Lipinski definition) is 1. The molecular formula is C22H34IN3OS. The van der Waals surface area contributed by atoms with Crippen molar-refractivity contribution in [3.8, 4) is 0 Å². The van der Waals surface area contributed by atoms with Crippen LogP contribution in [0.1, 0.15) is 38.2 Å². The predicted molar refractivity (Wildman–Crippen MR) is 133 cm³/mol. The van der Waals surface area contributed by atoms with Gasteiger partial charge in [-0.15, -0.1) is 24.0 Å². The summed E-state index contributed by atoms with van der Waals surface area (Å²) in [5.41, 5.74) is 2.84. The summed E-state index contributed by atoms with van der Waals surface area (Å²) >= 11 is 2.08. The van der Waals surface area contributed by atoms with E-state index in [4.69, 9.17) is 4.74 Å². The lowest BCUT2D eigenvalue weighted by molar-refractivity contribution is 0.0780. The minimum Gasteiger partial charge on any atom is -0.381 e. The fraction of sp³-hybridized carbons (Fsp3) is 0.591. The van der Waals surface area contributed by atoms with Crippen LogP contribution in [-0.4, -0.2) is 61.3 Å². The molecule has 0 bridgehead atoms. The molecule has 2 heterocycles. The SMILES string of the molecule is CCSC1(CNC(=NC)N2CCC(=Cc3ccccc3)CC2)CCOCC1.I. The van der Waals surface area contributed by atoms with Crippen LogP contribution in [0.15, 0.2) is 40.9 Å². The number of ether oxygens (including phenoxy) is 1. The van der Waals surface area contributed by atoms with Gasteiger partial charge in [-0.1, -0.05) is 48.9 Å². The number of hydrogen-bond acceptors (Lipinski definition) is 3. The second-order valence-electron chi connectivity index (χ2n) is 7.33. The molecular weight excluding hydrogens is 481 g/mol. The molecule has 2 aliphatic heterocycles. The van der Waals surface area contributed by atoms with E-state index in [0.717, 1.165) is 70.2 Å². The molecule has 156 valence electrons. The lowest BCUT2D eigenvalue weighted by Gasteiger charge is -2.38. The van der Waals surface area contributed by atoms with Crippen molar-refractivity contribution in [2.24, 2.45) is 4.99 Å². The molecule has 2 aliphatic rings. The van der Waals surface area contributed by atoms with Gasteiger partial charge in [0.05, 0.1) is 0 Å². The van der Waals surface area contributed by atoms with Gasteiger partial charge >= 0.3 is 0 Å². The summed E-state index contributed by atoms with van der Waals surface area (Å²) in [7, 11) is 1.90. The molecule has 0 aromatic heterocycles. The van der Waals surface area contributed by atoms with Crippen LogP contribution in [0.5, 0.6) is 0 Å². The third-order valence-electron chi connectivity index (χ3n) is 5.51. The Balaban J connectivity index is 0.00000280. The van der Waals surface area contributed by atoms with Gasteiger partial charge in [-0.25, -0.2) is 0 Å². The van der Waals surface area contributed by atoms with Crippen molar-refractivity contribution in [2.45, 2.75) is 37.4 Å². The molecule has 0 aliphatic carbocycles. The first-order valence-corrected chi connectivity index (χ1v) is 11.1. The topological polar surface area (TPSA) is 36.9 Å². The Morgan fingerprint density at radius 2 is 1.89 bits per heavy atom. The first-order valence-electron chi connectivity index (χ1n) is 10.2. The van der Waals surface area contributed by atoms with E-state index in [1.165, 1.54) is 11.1 Å². The summed E-state index contributed by atoms with van der Waals surface area (Å²) in [5, 5.41) is 3.68. The first-order chi connectivity index (χ1) is 13.2. The van der Waals surface area contributed by atoms with E-state index >= 15 is 0 Å². The lowest BCUT2D eigenvalue weighted by atomic mass is 9.99. The molecule has 2 saturated heterocycles. The zero-order chi connectivity index (χ0) is 19.0. The standard InChI is InChI=1S/C22H33N3OS.HI/c1-3-27-22(11-15-26-16-12-22)18-24-21(23-2)25-13-9-20(10-14-25)17-19-7-5-4-6-8-19;/h4-8,17H,3,9-16,18H2,1-2H3,(H,23,24);1H. The van der Waals surface area contributed by atoms with Gasteiger partial charge in [0.2, 0.25) is 0 Å². The largest absolute Gasteiger partial charge is 0.381 e. The number of benzene rings is 1. The Morgan fingerprint density at radius 3 is 2.50 bits per heavy atom. The highest BCUT2D eigenvalue weighted by Crippen LogP contribution is 2.34. The fourth-order valence-electron chi connectivity index (χ4n) is 3.93. The van der Waals surface area contributed by atoms with Gasteiger partial charge in [-0.3, -0.25) is 4.99 Å². The molecule has 6 heteroatoms. The Labute approximate surface area is 191 Å². The average Bonchev–Trinajstić information content (AvgIpc) is 2.71. The molecule has 1 aromatic rings. The molecule has 0 radical (unpaired) electrons. The van der Waals surface area contributed by atoms with E-state index in [1.807, 2.05) is 7.05 Å². The molecule has 3 rings (SSSR count). The van der Waals surface area contributed by atoms with Crippen LogP contribution in [0.25, 0.3) is 6.08 Å². The van der Waals surface area contributed by atoms with Gasteiger partial charge in [0, 0.05) is 44.6 Å². The van der Waals surface area contributed by atoms with Gasteiger partial charge in [-0.2, -0.15) is 11.8 Å². The van der Waals surface area contributed by atoms with E-state index < -0.39 is 0 Å². The molecule has 1 aromatic carbocycles. The van der Waals surface area contributed by atoms with E-state index in [1.54, 1.807) is 0 Å². The lowest BCUT2D eigenvalue weighted by Crippen LogP contribution is -2.50. The molecule has 0 saturated carbocycles. The highest BCUT2D eigenvalue weighted by atomic mass is 127. The van der Waals surface area contributed by atoms with Crippen LogP contribution in [0, 0.1) is 0 Å². The second kappa shape index (κ2) is 12.1. The highest BCUT2D eigenvalue weighted by molar-refractivity contribution is 14.0. The van der Waals surface area contributed by atoms with Crippen molar-refractivity contribution >= 4 is 47.8 Å². The van der Waals surface area contributed by atoms with Crippen LogP contribution in [0.4, 0.5) is 0 Å². The molecule has 28 heavy (non-hydrogen) atoms. The van der Waals surface area contributed by atoms with Crippen molar-refractivity contribution in [1.29, 1.82) is 0 Å². The maximum Gasteiger partial charge on any atom is 0.193 e. The van der Waals surface area contributed by atoms with Crippen LogP contribution in [0.2, 0.25) is 0 Å². The predicted octanol–water partition coefficient (Wildman–Crippen LogP) is 4.66. The highest BCUT2D eigenvalue weighted by Gasteiger charge is 2.33. The van der Waals surface area contributed by atoms with Gasteiger partial charge in [0.25, 0.3) is 0 Å². The maximum absolute atomic E-state index is 5.59. The number of likely N-dealkylation sites (tertiary alicyclic amines) is 1. The summed E-state index contributed by atoms with van der Waals surface area (Å²) in [4.78, 5) is 6.98. The van der Waals surface area contributed by atoms with Gasteiger partial charge in [0.1, 0.15) is 0 Å². The molecule has 0 unspecified atom stereocenters. The minimum atomic E-state index is 0. The van der Waals surface area contributed by atoms with Gasteiger partial charge in [0.15, 0.2) is 5.96 Å². The molecule has 0 atom stereocenters. The summed E-state index contributed by atoms with van der Waals surface area (Å²) in [5.74, 6) is 2.20. The second-order valence-corrected chi connectivity index (χ2v) is 9.06. The minimum absolute atomic E-state index is 0. The fourth-order valence-corrected chi connectivity index (χ4v) is 5.17. The van der Waals surface area contributed by atoms with E-state index in [2.05, 4.69) is 70.3 Å². The van der Waals surface area contributed by atoms with Crippen LogP contribution in [0.3, 0.4) is 0 Å².